The molecule has 1 aromatic heterocycles. The van der Waals surface area contributed by atoms with Crippen LogP contribution in [-0.4, -0.2) is 16.9 Å². The van der Waals surface area contributed by atoms with Crippen LogP contribution in [0.4, 0.5) is 5.69 Å². The maximum Gasteiger partial charge on any atom is 0.251 e. The van der Waals surface area contributed by atoms with Gasteiger partial charge in [-0.05, 0) is 42.5 Å². The van der Waals surface area contributed by atoms with Crippen LogP contribution in [0.5, 0.6) is 0 Å². The predicted molar refractivity (Wildman–Crippen MR) is 95.5 cm³/mol. The highest BCUT2D eigenvalue weighted by Gasteiger charge is 2.10. The van der Waals surface area contributed by atoms with Crippen molar-refractivity contribution in [3.8, 4) is 0 Å². The van der Waals surface area contributed by atoms with Gasteiger partial charge in [0, 0.05) is 17.2 Å². The molecule has 7 heteroatoms. The van der Waals surface area contributed by atoms with Crippen molar-refractivity contribution in [2.24, 2.45) is 5.92 Å². The number of rotatable bonds is 5. The van der Waals surface area contributed by atoms with Gasteiger partial charge >= 0.3 is 0 Å². The van der Waals surface area contributed by atoms with Gasteiger partial charge in [-0.2, -0.15) is 0 Å². The molecule has 0 spiro atoms. The first kappa shape index (κ1) is 17.7. The van der Waals surface area contributed by atoms with E-state index < -0.39 is 0 Å². The lowest BCUT2D eigenvalue weighted by Gasteiger charge is -2.12. The minimum Gasteiger partial charge on any atom is -0.467 e. The Kier molecular flexibility index (Phi) is 6.08. The number of carbonyl (C=O) groups excluding carboxylic acids is 2. The van der Waals surface area contributed by atoms with E-state index in [9.17, 15) is 9.59 Å². The molecular weight excluding hydrogens is 326 g/mol. The zero-order valence-electron chi connectivity index (χ0n) is 13.5. The third-order valence-corrected chi connectivity index (χ3v) is 3.35. The van der Waals surface area contributed by atoms with E-state index in [-0.39, 0.29) is 22.8 Å². The molecule has 0 saturated heterocycles. The summed E-state index contributed by atoms with van der Waals surface area (Å²) >= 11 is 5.09. The summed E-state index contributed by atoms with van der Waals surface area (Å²) in [5.41, 5.74) is 1.10. The molecule has 0 fully saturated rings. The Labute approximate surface area is 145 Å². The minimum absolute atomic E-state index is 0.163. The van der Waals surface area contributed by atoms with Crippen molar-refractivity contribution >= 4 is 34.8 Å². The third kappa shape index (κ3) is 5.20. The van der Waals surface area contributed by atoms with Crippen LogP contribution < -0.4 is 16.0 Å². The maximum atomic E-state index is 12.2. The molecule has 6 nitrogen and oxygen atoms in total. The van der Waals surface area contributed by atoms with Crippen molar-refractivity contribution < 1.29 is 14.0 Å². The first-order valence-electron chi connectivity index (χ1n) is 7.48. The van der Waals surface area contributed by atoms with Gasteiger partial charge in [-0.3, -0.25) is 9.59 Å². The smallest absolute Gasteiger partial charge is 0.251 e. The highest BCUT2D eigenvalue weighted by molar-refractivity contribution is 7.80. The molecule has 0 aliphatic carbocycles. The molecule has 2 amide bonds. The first-order chi connectivity index (χ1) is 11.5. The summed E-state index contributed by atoms with van der Waals surface area (Å²) in [6, 6.07) is 10.4. The summed E-state index contributed by atoms with van der Waals surface area (Å²) < 4.78 is 5.17. The number of amides is 2. The Bertz CT molecular complexity index is 726. The molecule has 2 rings (SSSR count). The van der Waals surface area contributed by atoms with Crippen LogP contribution >= 0.6 is 12.2 Å². The van der Waals surface area contributed by atoms with Gasteiger partial charge in [-0.1, -0.05) is 19.9 Å². The SMILES string of the molecule is CC(C)C(=O)NC(=S)Nc1cccc(C(=O)NCc2ccco2)c1. The number of nitrogens with one attached hydrogen (secondary N) is 3. The van der Waals surface area contributed by atoms with E-state index in [1.807, 2.05) is 0 Å². The molecule has 24 heavy (non-hydrogen) atoms. The molecule has 0 bridgehead atoms. The molecule has 0 atom stereocenters. The van der Waals surface area contributed by atoms with E-state index in [1.54, 1.807) is 56.5 Å². The summed E-state index contributed by atoms with van der Waals surface area (Å²) in [6.45, 7) is 3.87. The monoisotopic (exact) mass is 345 g/mol. The third-order valence-electron chi connectivity index (χ3n) is 3.15. The van der Waals surface area contributed by atoms with Crippen molar-refractivity contribution in [3.05, 3.63) is 54.0 Å². The zero-order chi connectivity index (χ0) is 17.5. The number of carbonyl (C=O) groups is 2. The quantitative estimate of drug-likeness (QED) is 0.726. The average Bonchev–Trinajstić information content (AvgIpc) is 3.06. The fraction of sp³-hybridized carbons (Fsp3) is 0.235. The average molecular weight is 345 g/mol. The Balaban J connectivity index is 1.94. The molecule has 1 aromatic carbocycles. The molecule has 3 N–H and O–H groups in total. The molecule has 0 aliphatic rings. The highest BCUT2D eigenvalue weighted by Crippen LogP contribution is 2.11. The number of hydrogen-bond acceptors (Lipinski definition) is 4. The molecule has 0 saturated carbocycles. The summed E-state index contributed by atoms with van der Waals surface area (Å²) in [5.74, 6) is 0.116. The summed E-state index contributed by atoms with van der Waals surface area (Å²) in [4.78, 5) is 23.8. The van der Waals surface area contributed by atoms with Gasteiger partial charge in [0.15, 0.2) is 5.11 Å². The number of thiocarbonyl (C=S) groups is 1. The molecule has 1 heterocycles. The summed E-state index contributed by atoms with van der Waals surface area (Å²) in [5, 5.41) is 8.44. The maximum absolute atomic E-state index is 12.2. The summed E-state index contributed by atoms with van der Waals surface area (Å²) in [7, 11) is 0. The van der Waals surface area contributed by atoms with Crippen LogP contribution in [0.1, 0.15) is 30.0 Å². The van der Waals surface area contributed by atoms with Gasteiger partial charge in [0.1, 0.15) is 5.76 Å². The Hall–Kier alpha value is -2.67. The Morgan fingerprint density at radius 1 is 1.21 bits per heavy atom. The van der Waals surface area contributed by atoms with Gasteiger partial charge in [0.05, 0.1) is 12.8 Å². The number of anilines is 1. The van der Waals surface area contributed by atoms with Gasteiger partial charge in [-0.15, -0.1) is 0 Å². The van der Waals surface area contributed by atoms with E-state index in [0.717, 1.165) is 0 Å². The predicted octanol–water partition coefficient (Wildman–Crippen LogP) is 2.68. The Morgan fingerprint density at radius 3 is 2.67 bits per heavy atom. The second-order valence-corrected chi connectivity index (χ2v) is 5.85. The van der Waals surface area contributed by atoms with Crippen LogP contribution in [0.3, 0.4) is 0 Å². The van der Waals surface area contributed by atoms with Crippen molar-refractivity contribution in [1.29, 1.82) is 0 Å². The number of furan rings is 1. The van der Waals surface area contributed by atoms with Crippen molar-refractivity contribution in [2.45, 2.75) is 20.4 Å². The van der Waals surface area contributed by atoms with Gasteiger partial charge in [0.2, 0.25) is 5.91 Å². The largest absolute Gasteiger partial charge is 0.467 e. The lowest BCUT2D eigenvalue weighted by Crippen LogP contribution is -2.36. The topological polar surface area (TPSA) is 83.4 Å². The highest BCUT2D eigenvalue weighted by atomic mass is 32.1. The van der Waals surface area contributed by atoms with Gasteiger partial charge in [-0.25, -0.2) is 0 Å². The van der Waals surface area contributed by atoms with Gasteiger partial charge in [0.25, 0.3) is 5.91 Å². The molecule has 126 valence electrons. The standard InChI is InChI=1S/C17H19N3O3S/c1-11(2)15(21)20-17(24)19-13-6-3-5-12(9-13)16(22)18-10-14-7-4-8-23-14/h3-9,11H,10H2,1-2H3,(H,18,22)(H2,19,20,21,24). The van der Waals surface area contributed by atoms with Crippen LogP contribution in [0.15, 0.2) is 47.1 Å². The molecule has 0 unspecified atom stereocenters. The van der Waals surface area contributed by atoms with E-state index in [2.05, 4.69) is 16.0 Å². The molecule has 2 aromatic rings. The van der Waals surface area contributed by atoms with Crippen LogP contribution in [0.2, 0.25) is 0 Å². The molecular formula is C17H19N3O3S. The van der Waals surface area contributed by atoms with E-state index in [1.165, 1.54) is 0 Å². The summed E-state index contributed by atoms with van der Waals surface area (Å²) in [6.07, 6.45) is 1.55. The first-order valence-corrected chi connectivity index (χ1v) is 7.89. The van der Waals surface area contributed by atoms with Crippen molar-refractivity contribution in [1.82, 2.24) is 10.6 Å². The van der Waals surface area contributed by atoms with E-state index in [0.29, 0.717) is 23.6 Å². The molecule has 0 radical (unpaired) electrons. The normalized spacial score (nSPS) is 10.3. The number of benzene rings is 1. The van der Waals surface area contributed by atoms with Crippen LogP contribution in [-0.2, 0) is 11.3 Å². The Morgan fingerprint density at radius 2 is 2.00 bits per heavy atom. The fourth-order valence-electron chi connectivity index (χ4n) is 1.84. The zero-order valence-corrected chi connectivity index (χ0v) is 14.3. The second-order valence-electron chi connectivity index (χ2n) is 5.44. The minimum atomic E-state index is -0.229. The van der Waals surface area contributed by atoms with Crippen molar-refractivity contribution in [3.63, 3.8) is 0 Å². The lowest BCUT2D eigenvalue weighted by molar-refractivity contribution is -0.122. The van der Waals surface area contributed by atoms with Gasteiger partial charge < -0.3 is 20.4 Å². The lowest BCUT2D eigenvalue weighted by atomic mass is 10.2. The van der Waals surface area contributed by atoms with Crippen LogP contribution in [0.25, 0.3) is 0 Å². The van der Waals surface area contributed by atoms with Crippen molar-refractivity contribution in [2.75, 3.05) is 5.32 Å². The fourth-order valence-corrected chi connectivity index (χ4v) is 2.06. The van der Waals surface area contributed by atoms with Crippen LogP contribution in [0, 0.1) is 5.92 Å². The van der Waals surface area contributed by atoms with E-state index in [4.69, 9.17) is 16.6 Å². The van der Waals surface area contributed by atoms with E-state index >= 15 is 0 Å². The molecule has 0 aliphatic heterocycles. The number of hydrogen-bond donors (Lipinski definition) is 3. The second kappa shape index (κ2) is 8.26.